The highest BCUT2D eigenvalue weighted by atomic mass is 32.1. The zero-order chi connectivity index (χ0) is 24.4. The number of ether oxygens (including phenoxy) is 1. The van der Waals surface area contributed by atoms with Gasteiger partial charge in [-0.1, -0.05) is 42.5 Å². The van der Waals surface area contributed by atoms with Crippen LogP contribution in [0, 0.1) is 6.92 Å². The normalized spacial score (nSPS) is 16.1. The van der Waals surface area contributed by atoms with Gasteiger partial charge >= 0.3 is 0 Å². The fourth-order valence-electron chi connectivity index (χ4n) is 3.94. The number of benzene rings is 2. The van der Waals surface area contributed by atoms with Crippen molar-refractivity contribution < 1.29 is 24.5 Å². The fourth-order valence-corrected chi connectivity index (χ4v) is 4.97. The van der Waals surface area contributed by atoms with Gasteiger partial charge in [-0.3, -0.25) is 9.59 Å². The molecule has 2 aromatic carbocycles. The predicted octanol–water partition coefficient (Wildman–Crippen LogP) is 4.83. The topological polar surface area (TPSA) is 100.0 Å². The molecule has 7 nitrogen and oxygen atoms in total. The zero-order valence-corrected chi connectivity index (χ0v) is 20.0. The standard InChI is InChI=1S/C26H26N2O5S/c1-15(2)33-14-13-28-21(17-9-11-19(29)12-10-17)20(23(31)26(28)32)22(30)24-16(3)27-25(34-24)18-7-5-4-6-8-18/h4-12,15,21,29,31H,13-14H2,1-3H3. The number of aliphatic hydroxyl groups is 1. The van der Waals surface area contributed by atoms with E-state index in [1.165, 1.54) is 28.4 Å². The van der Waals surface area contributed by atoms with Crippen molar-refractivity contribution in [2.75, 3.05) is 13.2 Å². The summed E-state index contributed by atoms with van der Waals surface area (Å²) < 4.78 is 5.62. The molecule has 1 aromatic heterocycles. The van der Waals surface area contributed by atoms with Crippen molar-refractivity contribution in [3.8, 4) is 16.3 Å². The summed E-state index contributed by atoms with van der Waals surface area (Å²) in [6.45, 7) is 5.98. The highest BCUT2D eigenvalue weighted by Gasteiger charge is 2.44. The largest absolute Gasteiger partial charge is 0.508 e. The molecule has 2 N–H and O–H groups in total. The van der Waals surface area contributed by atoms with E-state index in [2.05, 4.69) is 4.98 Å². The highest BCUT2D eigenvalue weighted by molar-refractivity contribution is 7.17. The molecule has 34 heavy (non-hydrogen) atoms. The smallest absolute Gasteiger partial charge is 0.290 e. The molecule has 1 aliphatic heterocycles. The van der Waals surface area contributed by atoms with E-state index in [9.17, 15) is 19.8 Å². The minimum Gasteiger partial charge on any atom is -0.508 e. The number of ketones is 1. The molecule has 8 heteroatoms. The number of aromatic nitrogens is 1. The van der Waals surface area contributed by atoms with Crippen molar-refractivity contribution in [3.63, 3.8) is 0 Å². The predicted molar refractivity (Wildman–Crippen MR) is 130 cm³/mol. The molecule has 1 aliphatic rings. The zero-order valence-electron chi connectivity index (χ0n) is 19.2. The van der Waals surface area contributed by atoms with Gasteiger partial charge in [0, 0.05) is 12.1 Å². The monoisotopic (exact) mass is 478 g/mol. The van der Waals surface area contributed by atoms with Crippen LogP contribution in [0.4, 0.5) is 0 Å². The number of nitrogens with zero attached hydrogens (tertiary/aromatic N) is 2. The molecule has 4 rings (SSSR count). The van der Waals surface area contributed by atoms with Crippen LogP contribution >= 0.6 is 11.3 Å². The van der Waals surface area contributed by atoms with Crippen LogP contribution in [0.25, 0.3) is 10.6 Å². The third-order valence-corrected chi connectivity index (χ3v) is 6.77. The Balaban J connectivity index is 1.73. The number of aliphatic hydroxyl groups excluding tert-OH is 1. The first-order valence-corrected chi connectivity index (χ1v) is 11.8. The molecule has 176 valence electrons. The summed E-state index contributed by atoms with van der Waals surface area (Å²) in [5, 5.41) is 21.3. The van der Waals surface area contributed by atoms with Crippen molar-refractivity contribution in [3.05, 3.63) is 82.1 Å². The second kappa shape index (κ2) is 9.79. The second-order valence-corrected chi connectivity index (χ2v) is 9.30. The number of phenolic OH excluding ortho intramolecular Hbond substituents is 1. The molecular formula is C26H26N2O5S. The van der Waals surface area contributed by atoms with Gasteiger partial charge in [0.25, 0.3) is 5.91 Å². The molecule has 3 aromatic rings. The van der Waals surface area contributed by atoms with E-state index in [0.29, 0.717) is 21.1 Å². The molecule has 0 fully saturated rings. The number of thiazole rings is 1. The van der Waals surface area contributed by atoms with Gasteiger partial charge in [-0.05, 0) is 38.5 Å². The van der Waals surface area contributed by atoms with Gasteiger partial charge < -0.3 is 19.8 Å². The molecular weight excluding hydrogens is 452 g/mol. The van der Waals surface area contributed by atoms with E-state index in [4.69, 9.17) is 4.74 Å². The SMILES string of the molecule is Cc1nc(-c2ccccc2)sc1C(=O)C1=C(O)C(=O)N(CCOC(C)C)C1c1ccc(O)cc1. The lowest BCUT2D eigenvalue weighted by molar-refractivity contribution is -0.130. The van der Waals surface area contributed by atoms with E-state index < -0.39 is 23.5 Å². The maximum absolute atomic E-state index is 13.7. The summed E-state index contributed by atoms with van der Waals surface area (Å²) in [7, 11) is 0. The second-order valence-electron chi connectivity index (χ2n) is 8.30. The molecule has 0 saturated heterocycles. The van der Waals surface area contributed by atoms with Gasteiger partial charge in [0.1, 0.15) is 10.8 Å². The first kappa shape index (κ1) is 23.7. The Hall–Kier alpha value is -3.49. The minimum absolute atomic E-state index is 0.00611. The Bertz CT molecular complexity index is 1230. The van der Waals surface area contributed by atoms with Gasteiger partial charge in [0.05, 0.1) is 34.9 Å². The number of carbonyl (C=O) groups is 2. The number of Topliss-reactive ketones (excluding diaryl/α,β-unsaturated/α-hetero) is 1. The molecule has 0 aliphatic carbocycles. The molecule has 1 amide bonds. The molecule has 1 atom stereocenters. The Morgan fingerprint density at radius 2 is 1.79 bits per heavy atom. The minimum atomic E-state index is -0.807. The van der Waals surface area contributed by atoms with Crippen molar-refractivity contribution in [2.45, 2.75) is 32.9 Å². The average Bonchev–Trinajstić information content (AvgIpc) is 3.32. The van der Waals surface area contributed by atoms with Crippen LogP contribution in [0.1, 0.15) is 40.8 Å². The number of hydrogen-bond donors (Lipinski definition) is 2. The number of carbonyl (C=O) groups excluding carboxylic acids is 2. The maximum Gasteiger partial charge on any atom is 0.290 e. The van der Waals surface area contributed by atoms with Crippen LogP contribution < -0.4 is 0 Å². The molecule has 0 bridgehead atoms. The third-order valence-electron chi connectivity index (χ3n) is 5.56. The van der Waals surface area contributed by atoms with Gasteiger partial charge in [-0.2, -0.15) is 0 Å². The maximum atomic E-state index is 13.7. The van der Waals surface area contributed by atoms with Crippen LogP contribution in [-0.2, 0) is 9.53 Å². The van der Waals surface area contributed by atoms with Crippen LogP contribution in [0.3, 0.4) is 0 Å². The number of aryl methyl sites for hydroxylation is 1. The summed E-state index contributed by atoms with van der Waals surface area (Å²) in [4.78, 5) is 33.1. The van der Waals surface area contributed by atoms with Crippen molar-refractivity contribution >= 4 is 23.0 Å². The van der Waals surface area contributed by atoms with Crippen molar-refractivity contribution in [1.29, 1.82) is 0 Å². The summed E-state index contributed by atoms with van der Waals surface area (Å²) >= 11 is 1.23. The van der Waals surface area contributed by atoms with Crippen LogP contribution in [0.5, 0.6) is 5.75 Å². The first-order chi connectivity index (χ1) is 16.3. The van der Waals surface area contributed by atoms with E-state index in [-0.39, 0.29) is 30.6 Å². The van der Waals surface area contributed by atoms with Crippen molar-refractivity contribution in [2.24, 2.45) is 0 Å². The molecule has 2 heterocycles. The number of amides is 1. The first-order valence-electron chi connectivity index (χ1n) is 11.0. The molecule has 0 spiro atoms. The number of hydrogen-bond acceptors (Lipinski definition) is 7. The van der Waals surface area contributed by atoms with Gasteiger partial charge in [-0.25, -0.2) is 4.98 Å². The van der Waals surface area contributed by atoms with Crippen LogP contribution in [0.2, 0.25) is 0 Å². The van der Waals surface area contributed by atoms with Gasteiger partial charge in [-0.15, -0.1) is 11.3 Å². The highest BCUT2D eigenvalue weighted by Crippen LogP contribution is 2.41. The van der Waals surface area contributed by atoms with E-state index in [0.717, 1.165) is 5.56 Å². The number of rotatable bonds is 8. The fraction of sp³-hybridized carbons (Fsp3) is 0.269. The Morgan fingerprint density at radius 1 is 1.12 bits per heavy atom. The number of aromatic hydroxyl groups is 1. The van der Waals surface area contributed by atoms with Gasteiger partial charge in [0.2, 0.25) is 5.78 Å². The number of phenols is 1. The summed E-state index contributed by atoms with van der Waals surface area (Å²) in [6, 6.07) is 15.0. The lowest BCUT2D eigenvalue weighted by Gasteiger charge is -2.27. The Labute approximate surface area is 202 Å². The van der Waals surface area contributed by atoms with Crippen molar-refractivity contribution in [1.82, 2.24) is 9.88 Å². The molecule has 1 unspecified atom stereocenters. The summed E-state index contributed by atoms with van der Waals surface area (Å²) in [6.07, 6.45) is -0.0243. The van der Waals surface area contributed by atoms with Crippen LogP contribution in [0.15, 0.2) is 65.9 Å². The molecule has 0 saturated carbocycles. The summed E-state index contributed by atoms with van der Waals surface area (Å²) in [5.74, 6) is -1.57. The third kappa shape index (κ3) is 4.60. The van der Waals surface area contributed by atoms with E-state index in [1.807, 2.05) is 44.2 Å². The van der Waals surface area contributed by atoms with E-state index in [1.54, 1.807) is 19.1 Å². The average molecular weight is 479 g/mol. The Kier molecular flexibility index (Phi) is 6.81. The Morgan fingerprint density at radius 3 is 2.44 bits per heavy atom. The lowest BCUT2D eigenvalue weighted by Crippen LogP contribution is -2.34. The quantitative estimate of drug-likeness (QED) is 0.450. The van der Waals surface area contributed by atoms with Gasteiger partial charge in [0.15, 0.2) is 5.76 Å². The lowest BCUT2D eigenvalue weighted by atomic mass is 9.95. The molecule has 0 radical (unpaired) electrons. The van der Waals surface area contributed by atoms with E-state index >= 15 is 0 Å². The summed E-state index contributed by atoms with van der Waals surface area (Å²) in [5.41, 5.74) is 2.03. The van der Waals surface area contributed by atoms with Crippen LogP contribution in [-0.4, -0.2) is 51.0 Å².